The fourth-order valence-electron chi connectivity index (χ4n) is 3.81. The lowest BCUT2D eigenvalue weighted by atomic mass is 10.0. The van der Waals surface area contributed by atoms with Crippen LogP contribution in [-0.4, -0.2) is 42.5 Å². The Balaban J connectivity index is 1.74. The molecule has 1 atom stereocenters. The molecular weight excluding hydrogens is 458 g/mol. The molecule has 0 saturated heterocycles. The molecule has 3 aromatic heterocycles. The number of hydrogen-bond acceptors (Lipinski definition) is 7. The van der Waals surface area contributed by atoms with Gasteiger partial charge >= 0.3 is 0 Å². The molecule has 10 heteroatoms. The van der Waals surface area contributed by atoms with Crippen LogP contribution in [0.2, 0.25) is 0 Å². The number of pyridine rings is 1. The van der Waals surface area contributed by atoms with E-state index in [0.717, 1.165) is 5.56 Å². The lowest BCUT2D eigenvalue weighted by molar-refractivity contribution is -0.128. The Kier molecular flexibility index (Phi) is 6.96. The van der Waals surface area contributed by atoms with Crippen molar-refractivity contribution < 1.29 is 14.0 Å². The highest BCUT2D eigenvalue weighted by Crippen LogP contribution is 2.31. The van der Waals surface area contributed by atoms with Gasteiger partial charge in [0.1, 0.15) is 18.3 Å². The zero-order valence-electron chi connectivity index (χ0n) is 21.0. The number of benzene rings is 1. The van der Waals surface area contributed by atoms with Crippen molar-refractivity contribution in [2.24, 2.45) is 0 Å². The van der Waals surface area contributed by atoms with Gasteiger partial charge in [-0.05, 0) is 81.3 Å². The monoisotopic (exact) mass is 487 g/mol. The van der Waals surface area contributed by atoms with E-state index in [2.05, 4.69) is 25.7 Å². The molecule has 0 fully saturated rings. The van der Waals surface area contributed by atoms with Crippen molar-refractivity contribution in [3.05, 3.63) is 77.8 Å². The Bertz CT molecular complexity index is 1360. The molecule has 0 aliphatic heterocycles. The molecule has 4 rings (SSSR count). The number of hydrogen-bond donors (Lipinski definition) is 1. The van der Waals surface area contributed by atoms with Crippen molar-refractivity contribution >= 4 is 17.5 Å². The van der Waals surface area contributed by atoms with Crippen molar-refractivity contribution in [3.63, 3.8) is 0 Å². The molecule has 0 aliphatic carbocycles. The molecule has 0 unspecified atom stereocenters. The molecular formula is C26H29N7O3. The number of aryl methyl sites for hydroxylation is 2. The highest BCUT2D eigenvalue weighted by Gasteiger charge is 2.35. The van der Waals surface area contributed by atoms with E-state index in [1.165, 1.54) is 9.70 Å². The van der Waals surface area contributed by atoms with Gasteiger partial charge in [0.25, 0.3) is 5.91 Å². The summed E-state index contributed by atoms with van der Waals surface area (Å²) in [6.45, 7) is 9.17. The van der Waals surface area contributed by atoms with Gasteiger partial charge in [-0.2, -0.15) is 4.80 Å². The van der Waals surface area contributed by atoms with Crippen LogP contribution >= 0.6 is 0 Å². The number of aromatic nitrogens is 5. The SMILES string of the molecule is Cc1ccc(-c2nnn(CC(=O)N(c3ccccc3C)[C@H](C(=O)NC(C)(C)C)c3ccncc3)n2)o1. The fraction of sp³-hybridized carbons (Fsp3) is 0.308. The maximum atomic E-state index is 13.9. The zero-order chi connectivity index (χ0) is 25.9. The van der Waals surface area contributed by atoms with Crippen LogP contribution < -0.4 is 10.2 Å². The van der Waals surface area contributed by atoms with Gasteiger partial charge in [0.2, 0.25) is 11.7 Å². The zero-order valence-corrected chi connectivity index (χ0v) is 21.0. The third-order valence-corrected chi connectivity index (χ3v) is 5.36. The van der Waals surface area contributed by atoms with Gasteiger partial charge in [-0.3, -0.25) is 19.5 Å². The second-order valence-electron chi connectivity index (χ2n) is 9.53. The molecule has 2 amide bonds. The molecule has 0 saturated carbocycles. The van der Waals surface area contributed by atoms with Crippen LogP contribution in [0.15, 0.2) is 65.3 Å². The molecule has 186 valence electrons. The standard InChI is InChI=1S/C26H29N7O3/c1-17-8-6-7-9-20(17)33(23(19-12-14-27-15-13-19)25(35)28-26(3,4)5)22(34)16-32-30-24(29-31-32)21-11-10-18(2)36-21/h6-15,23H,16H2,1-5H3,(H,28,35)/t23-/m0/s1. The molecule has 1 aromatic carbocycles. The van der Waals surface area contributed by atoms with Gasteiger partial charge in [-0.25, -0.2) is 0 Å². The average Bonchev–Trinajstić information content (AvgIpc) is 3.46. The highest BCUT2D eigenvalue weighted by atomic mass is 16.3. The number of nitrogens with zero attached hydrogens (tertiary/aromatic N) is 6. The first-order valence-corrected chi connectivity index (χ1v) is 11.6. The summed E-state index contributed by atoms with van der Waals surface area (Å²) in [6.07, 6.45) is 3.20. The summed E-state index contributed by atoms with van der Waals surface area (Å²) >= 11 is 0. The first kappa shape index (κ1) is 24.8. The largest absolute Gasteiger partial charge is 0.458 e. The van der Waals surface area contributed by atoms with E-state index in [-0.39, 0.29) is 24.2 Å². The minimum absolute atomic E-state index is 0.231. The molecule has 0 radical (unpaired) electrons. The maximum absolute atomic E-state index is 13.9. The lowest BCUT2D eigenvalue weighted by Crippen LogP contribution is -2.50. The fourth-order valence-corrected chi connectivity index (χ4v) is 3.81. The van der Waals surface area contributed by atoms with Crippen LogP contribution in [0.4, 0.5) is 5.69 Å². The molecule has 36 heavy (non-hydrogen) atoms. The van der Waals surface area contributed by atoms with Gasteiger partial charge in [0.05, 0.1) is 0 Å². The van der Waals surface area contributed by atoms with Crippen LogP contribution in [0.5, 0.6) is 0 Å². The molecule has 4 aromatic rings. The number of para-hydroxylation sites is 1. The number of amides is 2. The molecule has 10 nitrogen and oxygen atoms in total. The Morgan fingerprint density at radius 1 is 1.06 bits per heavy atom. The van der Waals surface area contributed by atoms with E-state index >= 15 is 0 Å². The van der Waals surface area contributed by atoms with Gasteiger partial charge in [-0.1, -0.05) is 18.2 Å². The van der Waals surface area contributed by atoms with Gasteiger partial charge in [0, 0.05) is 23.6 Å². The van der Waals surface area contributed by atoms with Gasteiger partial charge in [-0.15, -0.1) is 10.2 Å². The summed E-state index contributed by atoms with van der Waals surface area (Å²) in [5.74, 6) is 0.752. The average molecular weight is 488 g/mol. The topological polar surface area (TPSA) is 119 Å². The quantitative estimate of drug-likeness (QED) is 0.423. The van der Waals surface area contributed by atoms with Gasteiger partial charge < -0.3 is 9.73 Å². The second-order valence-corrected chi connectivity index (χ2v) is 9.53. The summed E-state index contributed by atoms with van der Waals surface area (Å²) in [4.78, 5) is 34.3. The predicted molar refractivity (Wildman–Crippen MR) is 134 cm³/mol. The van der Waals surface area contributed by atoms with Crippen molar-refractivity contribution in [2.75, 3.05) is 4.90 Å². The number of rotatable bonds is 7. The highest BCUT2D eigenvalue weighted by molar-refractivity contribution is 6.01. The van der Waals surface area contributed by atoms with Crippen molar-refractivity contribution in [1.29, 1.82) is 0 Å². The van der Waals surface area contributed by atoms with Crippen molar-refractivity contribution in [2.45, 2.75) is 52.7 Å². The van der Waals surface area contributed by atoms with E-state index in [4.69, 9.17) is 4.42 Å². The lowest BCUT2D eigenvalue weighted by Gasteiger charge is -2.34. The molecule has 1 N–H and O–H groups in total. The summed E-state index contributed by atoms with van der Waals surface area (Å²) in [7, 11) is 0. The smallest absolute Gasteiger partial charge is 0.251 e. The number of furan rings is 1. The summed E-state index contributed by atoms with van der Waals surface area (Å²) < 4.78 is 5.56. The van der Waals surface area contributed by atoms with Crippen molar-refractivity contribution in [3.8, 4) is 11.6 Å². The molecule has 3 heterocycles. The van der Waals surface area contributed by atoms with Crippen molar-refractivity contribution in [1.82, 2.24) is 30.5 Å². The number of nitrogens with one attached hydrogen (secondary N) is 1. The minimum Gasteiger partial charge on any atom is -0.458 e. The third-order valence-electron chi connectivity index (χ3n) is 5.36. The Morgan fingerprint density at radius 3 is 2.42 bits per heavy atom. The third kappa shape index (κ3) is 5.65. The van der Waals surface area contributed by atoms with E-state index in [1.54, 1.807) is 36.7 Å². The van der Waals surface area contributed by atoms with Crippen LogP contribution in [0.3, 0.4) is 0 Å². The summed E-state index contributed by atoms with van der Waals surface area (Å²) in [5.41, 5.74) is 1.57. The minimum atomic E-state index is -0.948. The van der Waals surface area contributed by atoms with E-state index in [9.17, 15) is 9.59 Å². The maximum Gasteiger partial charge on any atom is 0.251 e. The Hall–Kier alpha value is -4.34. The van der Waals surface area contributed by atoms with E-state index < -0.39 is 11.6 Å². The number of anilines is 1. The molecule has 0 aliphatic rings. The first-order valence-electron chi connectivity index (χ1n) is 11.6. The summed E-state index contributed by atoms with van der Waals surface area (Å²) in [6, 6.07) is 13.5. The van der Waals surface area contributed by atoms with E-state index in [0.29, 0.717) is 22.8 Å². The molecule has 0 bridgehead atoms. The predicted octanol–water partition coefficient (Wildman–Crippen LogP) is 3.63. The van der Waals surface area contributed by atoms with Crippen LogP contribution in [0, 0.1) is 13.8 Å². The van der Waals surface area contributed by atoms with Crippen LogP contribution in [0.1, 0.15) is 43.7 Å². The second kappa shape index (κ2) is 10.1. The van der Waals surface area contributed by atoms with Crippen LogP contribution in [0.25, 0.3) is 11.6 Å². The molecule has 0 spiro atoms. The van der Waals surface area contributed by atoms with E-state index in [1.807, 2.05) is 58.9 Å². The Labute approximate surface area is 209 Å². The summed E-state index contributed by atoms with van der Waals surface area (Å²) in [5, 5.41) is 15.4. The number of tetrazole rings is 1. The normalized spacial score (nSPS) is 12.2. The number of carbonyl (C=O) groups excluding carboxylic acids is 2. The van der Waals surface area contributed by atoms with Crippen LogP contribution in [-0.2, 0) is 16.1 Å². The first-order chi connectivity index (χ1) is 17.1. The number of carbonyl (C=O) groups is 2. The van der Waals surface area contributed by atoms with Gasteiger partial charge in [0.15, 0.2) is 5.76 Å². The Morgan fingerprint density at radius 2 is 1.78 bits per heavy atom.